The number of rotatable bonds is 5. The van der Waals surface area contributed by atoms with E-state index in [1.54, 1.807) is 0 Å². The lowest BCUT2D eigenvalue weighted by molar-refractivity contribution is 0.289. The van der Waals surface area contributed by atoms with Crippen molar-refractivity contribution in [3.63, 3.8) is 0 Å². The number of anilines is 1. The predicted octanol–water partition coefficient (Wildman–Crippen LogP) is 5.15. The Balaban J connectivity index is 1.55. The van der Waals surface area contributed by atoms with Gasteiger partial charge in [-0.15, -0.1) is 0 Å². The second-order valence-electron chi connectivity index (χ2n) is 6.51. The van der Waals surface area contributed by atoms with E-state index < -0.39 is 11.6 Å². The molecule has 0 amide bonds. The molecule has 1 heterocycles. The highest BCUT2D eigenvalue weighted by Crippen LogP contribution is 2.28. The molecule has 0 aliphatic heterocycles. The standard InChI is InChI=1S/C22H17F2N3O2/c1-13-17(6-3-7-19(13)25)21-26-22(29-27-21)15-5-2-4-14(10-15)12-28-20-9-8-16(23)11-18(20)24/h2-11H,12,25H2,1H3. The van der Waals surface area contributed by atoms with Crippen LogP contribution in [0.15, 0.2) is 65.2 Å². The summed E-state index contributed by atoms with van der Waals surface area (Å²) in [6.07, 6.45) is 0. The van der Waals surface area contributed by atoms with E-state index in [0.29, 0.717) is 23.0 Å². The van der Waals surface area contributed by atoms with Crippen molar-refractivity contribution >= 4 is 5.69 Å². The van der Waals surface area contributed by atoms with Crippen LogP contribution in [0.3, 0.4) is 0 Å². The fraction of sp³-hybridized carbons (Fsp3) is 0.0909. The Kier molecular flexibility index (Phi) is 4.95. The van der Waals surface area contributed by atoms with E-state index in [9.17, 15) is 8.78 Å². The summed E-state index contributed by atoms with van der Waals surface area (Å²) in [6.45, 7) is 2.00. The molecule has 0 fully saturated rings. The highest BCUT2D eigenvalue weighted by Gasteiger charge is 2.14. The van der Waals surface area contributed by atoms with Crippen LogP contribution in [0, 0.1) is 18.6 Å². The summed E-state index contributed by atoms with van der Waals surface area (Å²) < 4.78 is 37.6. The number of nitrogen functional groups attached to an aromatic ring is 1. The van der Waals surface area contributed by atoms with Crippen molar-refractivity contribution in [3.8, 4) is 28.6 Å². The van der Waals surface area contributed by atoms with Gasteiger partial charge in [0.05, 0.1) is 0 Å². The Hall–Kier alpha value is -3.74. The lowest BCUT2D eigenvalue weighted by Crippen LogP contribution is -1.98. The number of hydrogen-bond donors (Lipinski definition) is 1. The van der Waals surface area contributed by atoms with Crippen LogP contribution in [0.2, 0.25) is 0 Å². The molecular formula is C22H17F2N3O2. The third-order valence-corrected chi connectivity index (χ3v) is 4.50. The van der Waals surface area contributed by atoms with Gasteiger partial charge in [0.1, 0.15) is 12.4 Å². The molecule has 4 rings (SSSR count). The van der Waals surface area contributed by atoms with Crippen LogP contribution in [0.4, 0.5) is 14.5 Å². The molecule has 146 valence electrons. The summed E-state index contributed by atoms with van der Waals surface area (Å²) in [5.41, 5.74) is 9.75. The Morgan fingerprint density at radius 3 is 2.69 bits per heavy atom. The molecule has 0 aliphatic rings. The van der Waals surface area contributed by atoms with Crippen LogP contribution in [0.25, 0.3) is 22.8 Å². The Morgan fingerprint density at radius 1 is 1.03 bits per heavy atom. The van der Waals surface area contributed by atoms with Gasteiger partial charge in [0.2, 0.25) is 5.82 Å². The molecule has 0 aliphatic carbocycles. The summed E-state index contributed by atoms with van der Waals surface area (Å²) in [6, 6.07) is 16.0. The SMILES string of the molecule is Cc1c(N)cccc1-c1noc(-c2cccc(COc3ccc(F)cc3F)c2)n1. The largest absolute Gasteiger partial charge is 0.486 e. The van der Waals surface area contributed by atoms with Crippen LogP contribution in [0.1, 0.15) is 11.1 Å². The monoisotopic (exact) mass is 393 g/mol. The average molecular weight is 393 g/mol. The first-order chi connectivity index (χ1) is 14.0. The van der Waals surface area contributed by atoms with E-state index >= 15 is 0 Å². The van der Waals surface area contributed by atoms with Crippen molar-refractivity contribution in [2.24, 2.45) is 0 Å². The number of nitrogens with two attached hydrogens (primary N) is 1. The van der Waals surface area contributed by atoms with Gasteiger partial charge in [0, 0.05) is 22.9 Å². The number of ether oxygens (including phenoxy) is 1. The van der Waals surface area contributed by atoms with Gasteiger partial charge in [-0.25, -0.2) is 8.78 Å². The summed E-state index contributed by atoms with van der Waals surface area (Å²) in [5.74, 6) is -0.634. The zero-order valence-corrected chi connectivity index (χ0v) is 15.5. The minimum Gasteiger partial charge on any atom is -0.486 e. The molecule has 1 aromatic heterocycles. The molecule has 0 saturated heterocycles. The molecule has 0 unspecified atom stereocenters. The third kappa shape index (κ3) is 3.94. The molecule has 4 aromatic rings. The highest BCUT2D eigenvalue weighted by molar-refractivity contribution is 5.68. The smallest absolute Gasteiger partial charge is 0.258 e. The number of benzene rings is 3. The van der Waals surface area contributed by atoms with Gasteiger partial charge in [-0.05, 0) is 48.4 Å². The molecule has 0 saturated carbocycles. The fourth-order valence-corrected chi connectivity index (χ4v) is 2.89. The first-order valence-corrected chi connectivity index (χ1v) is 8.87. The number of halogens is 2. The van der Waals surface area contributed by atoms with Crippen LogP contribution < -0.4 is 10.5 Å². The maximum atomic E-state index is 13.7. The van der Waals surface area contributed by atoms with E-state index in [2.05, 4.69) is 10.1 Å². The first kappa shape index (κ1) is 18.6. The molecule has 0 bridgehead atoms. The summed E-state index contributed by atoms with van der Waals surface area (Å²) in [7, 11) is 0. The third-order valence-electron chi connectivity index (χ3n) is 4.50. The molecule has 7 heteroatoms. The van der Waals surface area contributed by atoms with Crippen molar-refractivity contribution in [1.29, 1.82) is 0 Å². The van der Waals surface area contributed by atoms with Crippen molar-refractivity contribution in [2.45, 2.75) is 13.5 Å². The summed E-state index contributed by atoms with van der Waals surface area (Å²) in [4.78, 5) is 4.46. The predicted molar refractivity (Wildman–Crippen MR) is 105 cm³/mol. The fourth-order valence-electron chi connectivity index (χ4n) is 2.89. The first-order valence-electron chi connectivity index (χ1n) is 8.87. The normalized spacial score (nSPS) is 10.9. The lowest BCUT2D eigenvalue weighted by atomic mass is 10.1. The van der Waals surface area contributed by atoms with Gasteiger partial charge in [-0.3, -0.25) is 0 Å². The average Bonchev–Trinajstić information content (AvgIpc) is 3.20. The molecule has 0 spiro atoms. The van der Waals surface area contributed by atoms with E-state index in [1.165, 1.54) is 6.07 Å². The van der Waals surface area contributed by atoms with Gasteiger partial charge >= 0.3 is 0 Å². The Morgan fingerprint density at radius 2 is 1.86 bits per heavy atom. The summed E-state index contributed by atoms with van der Waals surface area (Å²) >= 11 is 0. The van der Waals surface area contributed by atoms with E-state index in [1.807, 2.05) is 49.4 Å². The van der Waals surface area contributed by atoms with Gasteiger partial charge in [-0.2, -0.15) is 4.98 Å². The maximum absolute atomic E-state index is 13.7. The minimum absolute atomic E-state index is 0.0194. The number of aromatic nitrogens is 2. The van der Waals surface area contributed by atoms with Crippen LogP contribution >= 0.6 is 0 Å². The van der Waals surface area contributed by atoms with E-state index in [4.69, 9.17) is 15.0 Å². The zero-order chi connectivity index (χ0) is 20.4. The maximum Gasteiger partial charge on any atom is 0.258 e. The number of nitrogens with zero attached hydrogens (tertiary/aromatic N) is 2. The van der Waals surface area contributed by atoms with Crippen molar-refractivity contribution in [1.82, 2.24) is 10.1 Å². The molecular weight excluding hydrogens is 376 g/mol. The molecule has 0 radical (unpaired) electrons. The van der Waals surface area contributed by atoms with Crippen LogP contribution in [-0.4, -0.2) is 10.1 Å². The van der Waals surface area contributed by atoms with Gasteiger partial charge in [0.15, 0.2) is 11.6 Å². The highest BCUT2D eigenvalue weighted by atomic mass is 19.1. The molecule has 0 atom stereocenters. The van der Waals surface area contributed by atoms with Gasteiger partial charge < -0.3 is 15.0 Å². The van der Waals surface area contributed by atoms with Crippen molar-refractivity contribution < 1.29 is 18.0 Å². The lowest BCUT2D eigenvalue weighted by Gasteiger charge is -2.08. The van der Waals surface area contributed by atoms with E-state index in [-0.39, 0.29) is 12.4 Å². The molecule has 3 aromatic carbocycles. The van der Waals surface area contributed by atoms with E-state index in [0.717, 1.165) is 28.8 Å². The number of hydrogen-bond acceptors (Lipinski definition) is 5. The molecule has 5 nitrogen and oxygen atoms in total. The quantitative estimate of drug-likeness (QED) is 0.475. The molecule has 2 N–H and O–H groups in total. The van der Waals surface area contributed by atoms with Crippen LogP contribution in [0.5, 0.6) is 5.75 Å². The van der Waals surface area contributed by atoms with Crippen molar-refractivity contribution in [2.75, 3.05) is 5.73 Å². The van der Waals surface area contributed by atoms with Crippen LogP contribution in [-0.2, 0) is 6.61 Å². The van der Waals surface area contributed by atoms with Gasteiger partial charge in [-0.1, -0.05) is 29.4 Å². The second kappa shape index (κ2) is 7.71. The van der Waals surface area contributed by atoms with Crippen molar-refractivity contribution in [3.05, 3.63) is 83.4 Å². The molecule has 29 heavy (non-hydrogen) atoms. The topological polar surface area (TPSA) is 74.2 Å². The zero-order valence-electron chi connectivity index (χ0n) is 15.5. The van der Waals surface area contributed by atoms with Gasteiger partial charge in [0.25, 0.3) is 5.89 Å². The summed E-state index contributed by atoms with van der Waals surface area (Å²) in [5, 5.41) is 4.05. The second-order valence-corrected chi connectivity index (χ2v) is 6.51. The Bertz CT molecular complexity index is 1170. The Labute approximate surface area is 165 Å². The minimum atomic E-state index is -0.750.